The molecule has 0 saturated heterocycles. The van der Waals surface area contributed by atoms with Gasteiger partial charge in [-0.15, -0.1) is 0 Å². The molecule has 0 aliphatic heterocycles. The molecule has 21 heavy (non-hydrogen) atoms. The van der Waals surface area contributed by atoms with Crippen LogP contribution in [0.3, 0.4) is 0 Å². The van der Waals surface area contributed by atoms with Gasteiger partial charge in [0.15, 0.2) is 0 Å². The van der Waals surface area contributed by atoms with E-state index in [4.69, 9.17) is 23.2 Å². The molecule has 0 radical (unpaired) electrons. The van der Waals surface area contributed by atoms with Crippen LogP contribution in [0, 0.1) is 5.82 Å². The molecule has 2 aromatic rings. The molecule has 1 heterocycles. The highest BCUT2D eigenvalue weighted by Gasteiger charge is 2.18. The van der Waals surface area contributed by atoms with Crippen LogP contribution in [-0.4, -0.2) is 22.1 Å². The summed E-state index contributed by atoms with van der Waals surface area (Å²) in [5.41, 5.74) is 0.381. The number of nitrogens with one attached hydrogen (secondary N) is 1. The molecule has 2 rings (SSSR count). The summed E-state index contributed by atoms with van der Waals surface area (Å²) in [7, 11) is 1.59. The molecule has 2 N–H and O–H groups in total. The van der Waals surface area contributed by atoms with Crippen LogP contribution >= 0.6 is 23.2 Å². The molecular formula is C14H13Cl2FN2O2. The van der Waals surface area contributed by atoms with Crippen LogP contribution in [0.1, 0.15) is 22.2 Å². The molecule has 7 heteroatoms. The Labute approximate surface area is 131 Å². The number of hydrogen-bond donors (Lipinski definition) is 2. The topological polar surface area (TPSA) is 54.3 Å². The Bertz CT molecular complexity index is 673. The Balaban J connectivity index is 2.04. The van der Waals surface area contributed by atoms with Gasteiger partial charge in [0.05, 0.1) is 11.1 Å². The van der Waals surface area contributed by atoms with E-state index in [1.165, 1.54) is 28.8 Å². The lowest BCUT2D eigenvalue weighted by molar-refractivity contribution is 0.0906. The normalized spacial score (nSPS) is 12.2. The first kappa shape index (κ1) is 15.8. The second kappa shape index (κ2) is 6.47. The molecular weight excluding hydrogens is 318 g/mol. The van der Waals surface area contributed by atoms with E-state index in [2.05, 4.69) is 5.32 Å². The van der Waals surface area contributed by atoms with Crippen molar-refractivity contribution in [1.82, 2.24) is 9.88 Å². The highest BCUT2D eigenvalue weighted by atomic mass is 35.5. The predicted molar refractivity (Wildman–Crippen MR) is 79.1 cm³/mol. The number of amides is 1. The van der Waals surface area contributed by atoms with Gasteiger partial charge < -0.3 is 15.0 Å². The molecule has 1 unspecified atom stereocenters. The standard InChI is InChI=1S/C14H13Cl2FN2O2/c1-19-11(6-9(15)13(19)16)14(21)18-7-12(20)8-4-2-3-5-10(8)17/h2-6,12,20H,7H2,1H3,(H,18,21). The van der Waals surface area contributed by atoms with Crippen molar-refractivity contribution in [1.29, 1.82) is 0 Å². The van der Waals surface area contributed by atoms with Crippen molar-refractivity contribution in [3.63, 3.8) is 0 Å². The van der Waals surface area contributed by atoms with Crippen LogP contribution in [-0.2, 0) is 7.05 Å². The number of aliphatic hydroxyl groups excluding tert-OH is 1. The summed E-state index contributed by atoms with van der Waals surface area (Å²) in [6.45, 7) is -0.125. The second-order valence-corrected chi connectivity index (χ2v) is 5.24. The number of nitrogens with zero attached hydrogens (tertiary/aromatic N) is 1. The number of benzene rings is 1. The first-order valence-corrected chi connectivity index (χ1v) is 6.88. The van der Waals surface area contributed by atoms with Crippen molar-refractivity contribution < 1.29 is 14.3 Å². The maximum atomic E-state index is 13.5. The Hall–Kier alpha value is -1.56. The van der Waals surface area contributed by atoms with Gasteiger partial charge in [-0.1, -0.05) is 41.4 Å². The molecule has 1 amide bonds. The van der Waals surface area contributed by atoms with E-state index in [0.717, 1.165) is 0 Å². The quantitative estimate of drug-likeness (QED) is 0.905. The molecule has 0 aliphatic rings. The van der Waals surface area contributed by atoms with Gasteiger partial charge in [-0.05, 0) is 12.1 Å². The monoisotopic (exact) mass is 330 g/mol. The van der Waals surface area contributed by atoms with Crippen LogP contribution in [0.5, 0.6) is 0 Å². The first-order valence-electron chi connectivity index (χ1n) is 6.13. The van der Waals surface area contributed by atoms with Gasteiger partial charge in [0.25, 0.3) is 5.91 Å². The van der Waals surface area contributed by atoms with Crippen molar-refractivity contribution in [3.8, 4) is 0 Å². The Morgan fingerprint density at radius 2 is 2.10 bits per heavy atom. The summed E-state index contributed by atoms with van der Waals surface area (Å²) < 4.78 is 14.9. The lowest BCUT2D eigenvalue weighted by Crippen LogP contribution is -2.30. The first-order chi connectivity index (χ1) is 9.91. The molecule has 0 spiro atoms. The molecule has 1 aromatic carbocycles. The van der Waals surface area contributed by atoms with Crippen LogP contribution in [0.4, 0.5) is 4.39 Å². The van der Waals surface area contributed by atoms with Crippen LogP contribution in [0.25, 0.3) is 0 Å². The lowest BCUT2D eigenvalue weighted by Gasteiger charge is -2.13. The molecule has 0 fully saturated rings. The average molecular weight is 331 g/mol. The highest BCUT2D eigenvalue weighted by molar-refractivity contribution is 6.41. The van der Waals surface area contributed by atoms with E-state index >= 15 is 0 Å². The van der Waals surface area contributed by atoms with Gasteiger partial charge in [-0.25, -0.2) is 4.39 Å². The van der Waals surface area contributed by atoms with E-state index in [1.54, 1.807) is 13.1 Å². The minimum Gasteiger partial charge on any atom is -0.386 e. The zero-order valence-electron chi connectivity index (χ0n) is 11.1. The zero-order valence-corrected chi connectivity index (χ0v) is 12.6. The third-order valence-corrected chi connectivity index (χ3v) is 3.91. The third kappa shape index (κ3) is 3.37. The zero-order chi connectivity index (χ0) is 15.6. The fourth-order valence-corrected chi connectivity index (χ4v) is 2.27. The fourth-order valence-electron chi connectivity index (χ4n) is 1.90. The Morgan fingerprint density at radius 3 is 2.67 bits per heavy atom. The van der Waals surface area contributed by atoms with Crippen LogP contribution < -0.4 is 5.32 Å². The summed E-state index contributed by atoms with van der Waals surface area (Å²) >= 11 is 11.7. The number of carbonyl (C=O) groups excluding carboxylic acids is 1. The molecule has 0 aliphatic carbocycles. The number of aromatic nitrogens is 1. The van der Waals surface area contributed by atoms with Crippen molar-refractivity contribution in [2.24, 2.45) is 7.05 Å². The maximum absolute atomic E-state index is 13.5. The van der Waals surface area contributed by atoms with E-state index in [0.29, 0.717) is 0 Å². The van der Waals surface area contributed by atoms with Gasteiger partial charge in [-0.3, -0.25) is 4.79 Å². The predicted octanol–water partition coefficient (Wildman–Crippen LogP) is 2.93. The Kier molecular flexibility index (Phi) is 4.88. The summed E-state index contributed by atoms with van der Waals surface area (Å²) in [6.07, 6.45) is -1.14. The average Bonchev–Trinajstić information content (AvgIpc) is 2.72. The van der Waals surface area contributed by atoms with Crippen molar-refractivity contribution >= 4 is 29.1 Å². The number of hydrogen-bond acceptors (Lipinski definition) is 2. The third-order valence-electron chi connectivity index (χ3n) is 3.07. The molecule has 112 valence electrons. The van der Waals surface area contributed by atoms with Crippen molar-refractivity contribution in [2.45, 2.75) is 6.10 Å². The number of aliphatic hydroxyl groups is 1. The van der Waals surface area contributed by atoms with Crippen molar-refractivity contribution in [2.75, 3.05) is 6.54 Å². The minimum atomic E-state index is -1.14. The second-order valence-electron chi connectivity index (χ2n) is 4.47. The van der Waals surface area contributed by atoms with E-state index in [1.807, 2.05) is 0 Å². The van der Waals surface area contributed by atoms with Gasteiger partial charge in [0.1, 0.15) is 16.7 Å². The summed E-state index contributed by atoms with van der Waals surface area (Å²) in [6, 6.07) is 7.27. The lowest BCUT2D eigenvalue weighted by atomic mass is 10.1. The molecule has 1 aromatic heterocycles. The van der Waals surface area contributed by atoms with Gasteiger partial charge in [0, 0.05) is 19.2 Å². The van der Waals surface area contributed by atoms with E-state index in [-0.39, 0.29) is 28.0 Å². The fraction of sp³-hybridized carbons (Fsp3) is 0.214. The van der Waals surface area contributed by atoms with E-state index < -0.39 is 17.8 Å². The number of rotatable bonds is 4. The number of carbonyl (C=O) groups is 1. The van der Waals surface area contributed by atoms with Crippen LogP contribution in [0.15, 0.2) is 30.3 Å². The largest absolute Gasteiger partial charge is 0.386 e. The van der Waals surface area contributed by atoms with Gasteiger partial charge in [-0.2, -0.15) is 0 Å². The van der Waals surface area contributed by atoms with Crippen molar-refractivity contribution in [3.05, 3.63) is 57.6 Å². The van der Waals surface area contributed by atoms with Gasteiger partial charge >= 0.3 is 0 Å². The summed E-state index contributed by atoms with van der Waals surface area (Å²) in [5.74, 6) is -0.981. The Morgan fingerprint density at radius 1 is 1.43 bits per heavy atom. The minimum absolute atomic E-state index is 0.125. The SMILES string of the molecule is Cn1c(C(=O)NCC(O)c2ccccc2F)cc(Cl)c1Cl. The van der Waals surface area contributed by atoms with Gasteiger partial charge in [0.2, 0.25) is 0 Å². The molecule has 0 bridgehead atoms. The number of halogens is 3. The summed E-state index contributed by atoms with van der Waals surface area (Å²) in [4.78, 5) is 12.0. The smallest absolute Gasteiger partial charge is 0.268 e. The van der Waals surface area contributed by atoms with E-state index in [9.17, 15) is 14.3 Å². The summed E-state index contributed by atoms with van der Waals surface area (Å²) in [5, 5.41) is 12.9. The molecule has 0 saturated carbocycles. The highest BCUT2D eigenvalue weighted by Crippen LogP contribution is 2.25. The molecule has 4 nitrogen and oxygen atoms in total. The van der Waals surface area contributed by atoms with Crippen LogP contribution in [0.2, 0.25) is 10.2 Å². The maximum Gasteiger partial charge on any atom is 0.268 e. The molecule has 1 atom stereocenters.